The van der Waals surface area contributed by atoms with Crippen LogP contribution in [0.4, 0.5) is 11.5 Å². The summed E-state index contributed by atoms with van der Waals surface area (Å²) >= 11 is 6.03. The van der Waals surface area contributed by atoms with Crippen molar-refractivity contribution in [2.24, 2.45) is 5.92 Å². The van der Waals surface area contributed by atoms with E-state index in [0.717, 1.165) is 5.56 Å². The van der Waals surface area contributed by atoms with E-state index in [1.54, 1.807) is 24.4 Å². The van der Waals surface area contributed by atoms with Crippen LogP contribution in [0.2, 0.25) is 5.02 Å². The zero-order valence-electron chi connectivity index (χ0n) is 17.0. The number of benzene rings is 1. The number of likely N-dealkylation sites (tertiary alicyclic amines) is 1. The molecule has 1 saturated heterocycles. The van der Waals surface area contributed by atoms with Crippen molar-refractivity contribution in [3.63, 3.8) is 0 Å². The van der Waals surface area contributed by atoms with E-state index in [9.17, 15) is 9.59 Å². The normalized spacial score (nSPS) is 15.8. The van der Waals surface area contributed by atoms with Crippen LogP contribution < -0.4 is 10.6 Å². The number of hydrogen-bond donors (Lipinski definition) is 2. The van der Waals surface area contributed by atoms with Gasteiger partial charge in [0.2, 0.25) is 11.8 Å². The maximum absolute atomic E-state index is 12.6. The van der Waals surface area contributed by atoms with Gasteiger partial charge in [-0.1, -0.05) is 17.7 Å². The average molecular weight is 426 g/mol. The number of carbonyl (C=O) groups excluding carboxylic acids is 2. The quantitative estimate of drug-likeness (QED) is 0.762. The Morgan fingerprint density at radius 3 is 2.63 bits per heavy atom. The van der Waals surface area contributed by atoms with Crippen LogP contribution in [0.25, 0.3) is 0 Å². The van der Waals surface area contributed by atoms with Crippen molar-refractivity contribution in [1.29, 1.82) is 5.26 Å². The lowest BCUT2D eigenvalue weighted by atomic mass is 9.95. The summed E-state index contributed by atoms with van der Waals surface area (Å²) < 4.78 is 0. The van der Waals surface area contributed by atoms with Gasteiger partial charge in [0, 0.05) is 17.8 Å². The van der Waals surface area contributed by atoms with Gasteiger partial charge in [-0.25, -0.2) is 4.98 Å². The predicted molar refractivity (Wildman–Crippen MR) is 116 cm³/mol. The Morgan fingerprint density at radius 1 is 1.27 bits per heavy atom. The summed E-state index contributed by atoms with van der Waals surface area (Å²) in [5.41, 5.74) is 1.84. The lowest BCUT2D eigenvalue weighted by molar-refractivity contribution is -0.123. The van der Waals surface area contributed by atoms with Gasteiger partial charge in [-0.3, -0.25) is 14.5 Å². The van der Waals surface area contributed by atoms with E-state index >= 15 is 0 Å². The van der Waals surface area contributed by atoms with Gasteiger partial charge in [-0.05, 0) is 69.6 Å². The highest BCUT2D eigenvalue weighted by molar-refractivity contribution is 6.32. The molecular formula is C22H24ClN5O2. The molecule has 2 heterocycles. The highest BCUT2D eigenvalue weighted by Gasteiger charge is 2.30. The smallest absolute Gasteiger partial charge is 0.241 e. The lowest BCUT2D eigenvalue weighted by Crippen LogP contribution is -2.47. The second-order valence-corrected chi connectivity index (χ2v) is 7.85. The fourth-order valence-electron chi connectivity index (χ4n) is 3.48. The highest BCUT2D eigenvalue weighted by Crippen LogP contribution is 2.23. The number of nitriles is 1. The molecule has 2 N–H and O–H groups in total. The Kier molecular flexibility index (Phi) is 7.03. The van der Waals surface area contributed by atoms with Crippen LogP contribution in [0, 0.1) is 24.2 Å². The number of pyridine rings is 1. The lowest BCUT2D eigenvalue weighted by Gasteiger charge is -2.34. The van der Waals surface area contributed by atoms with Crippen molar-refractivity contribution >= 4 is 34.9 Å². The second kappa shape index (κ2) is 9.70. The molecule has 8 heteroatoms. The summed E-state index contributed by atoms with van der Waals surface area (Å²) in [7, 11) is 0. The van der Waals surface area contributed by atoms with Gasteiger partial charge < -0.3 is 10.6 Å². The largest absolute Gasteiger partial charge is 0.325 e. The molecule has 1 aromatic carbocycles. The first kappa shape index (κ1) is 21.8. The van der Waals surface area contributed by atoms with Gasteiger partial charge in [-0.2, -0.15) is 5.26 Å². The molecule has 0 aliphatic carbocycles. The molecule has 0 radical (unpaired) electrons. The van der Waals surface area contributed by atoms with E-state index in [1.165, 1.54) is 0 Å². The van der Waals surface area contributed by atoms with Crippen molar-refractivity contribution in [3.05, 3.63) is 52.7 Å². The Labute approximate surface area is 181 Å². The number of halogens is 1. The third-order valence-corrected chi connectivity index (χ3v) is 5.75. The van der Waals surface area contributed by atoms with Crippen LogP contribution >= 0.6 is 11.6 Å². The van der Waals surface area contributed by atoms with Crippen molar-refractivity contribution in [2.75, 3.05) is 23.7 Å². The number of aromatic nitrogens is 1. The summed E-state index contributed by atoms with van der Waals surface area (Å²) in [6, 6.07) is 10.2. The minimum Gasteiger partial charge on any atom is -0.325 e. The predicted octanol–water partition coefficient (Wildman–Crippen LogP) is 3.59. The number of anilines is 2. The standard InChI is InChI=1S/C22H24ClN5O2/c1-14-4-3-9-25-20(14)27-22(30)16-7-10-28(11-8-16)15(2)21(29)26-18-6-5-17(13-24)19(23)12-18/h3-6,9,12,15-16H,7-8,10-11H2,1-2H3,(H,26,29)(H,25,27,30)/t15-/m1/s1. The van der Waals surface area contributed by atoms with Crippen LogP contribution in [0.15, 0.2) is 36.5 Å². The Morgan fingerprint density at radius 2 is 2.00 bits per heavy atom. The topological polar surface area (TPSA) is 98.1 Å². The fourth-order valence-corrected chi connectivity index (χ4v) is 3.70. The van der Waals surface area contributed by atoms with Crippen LogP contribution in [0.5, 0.6) is 0 Å². The van der Waals surface area contributed by atoms with E-state index in [4.69, 9.17) is 16.9 Å². The van der Waals surface area contributed by atoms with Gasteiger partial charge >= 0.3 is 0 Å². The maximum atomic E-state index is 12.6. The Hall–Kier alpha value is -2.95. The number of amides is 2. The molecule has 1 atom stereocenters. The van der Waals surface area contributed by atoms with Crippen LogP contribution in [0.3, 0.4) is 0 Å². The summed E-state index contributed by atoms with van der Waals surface area (Å²) in [5, 5.41) is 15.0. The molecule has 0 spiro atoms. The van der Waals surface area contributed by atoms with Crippen molar-refractivity contribution < 1.29 is 9.59 Å². The third-order valence-electron chi connectivity index (χ3n) is 5.44. The molecule has 1 fully saturated rings. The van der Waals surface area contributed by atoms with Crippen molar-refractivity contribution in [3.8, 4) is 6.07 Å². The van der Waals surface area contributed by atoms with Gasteiger partial charge in [0.25, 0.3) is 0 Å². The first-order valence-electron chi connectivity index (χ1n) is 9.86. The number of aryl methyl sites for hydroxylation is 1. The number of carbonyl (C=O) groups is 2. The summed E-state index contributed by atoms with van der Waals surface area (Å²) in [6.45, 7) is 5.06. The minimum absolute atomic E-state index is 0.0271. The fraction of sp³-hybridized carbons (Fsp3) is 0.364. The molecule has 0 saturated carbocycles. The van der Waals surface area contributed by atoms with Gasteiger partial charge in [0.1, 0.15) is 11.9 Å². The molecule has 0 unspecified atom stereocenters. The van der Waals surface area contributed by atoms with Crippen molar-refractivity contribution in [1.82, 2.24) is 9.88 Å². The molecule has 1 aliphatic rings. The van der Waals surface area contributed by atoms with Crippen LogP contribution in [-0.4, -0.2) is 40.8 Å². The molecule has 3 rings (SSSR count). The first-order valence-corrected chi connectivity index (χ1v) is 10.2. The monoisotopic (exact) mass is 425 g/mol. The van der Waals surface area contributed by atoms with E-state index in [2.05, 4.69) is 20.5 Å². The Balaban J connectivity index is 1.52. The zero-order valence-corrected chi connectivity index (χ0v) is 17.7. The van der Waals surface area contributed by atoms with Gasteiger partial charge in [0.15, 0.2) is 0 Å². The third kappa shape index (κ3) is 5.15. The molecule has 156 valence electrons. The first-order chi connectivity index (χ1) is 14.4. The second-order valence-electron chi connectivity index (χ2n) is 7.44. The summed E-state index contributed by atoms with van der Waals surface area (Å²) in [5.74, 6) is 0.317. The minimum atomic E-state index is -0.346. The summed E-state index contributed by atoms with van der Waals surface area (Å²) in [4.78, 5) is 31.5. The number of piperidine rings is 1. The molecular weight excluding hydrogens is 402 g/mol. The molecule has 1 aliphatic heterocycles. The molecule has 30 heavy (non-hydrogen) atoms. The molecule has 2 aromatic rings. The van der Waals surface area contributed by atoms with Gasteiger partial charge in [0.05, 0.1) is 16.6 Å². The van der Waals surface area contributed by atoms with Crippen molar-refractivity contribution in [2.45, 2.75) is 32.7 Å². The number of hydrogen-bond acceptors (Lipinski definition) is 5. The van der Waals surface area contributed by atoms with E-state index in [1.807, 2.05) is 32.0 Å². The Bertz CT molecular complexity index is 980. The van der Waals surface area contributed by atoms with Crippen LogP contribution in [0.1, 0.15) is 30.9 Å². The average Bonchev–Trinajstić information content (AvgIpc) is 2.75. The molecule has 0 bridgehead atoms. The van der Waals surface area contributed by atoms with E-state index in [0.29, 0.717) is 48.0 Å². The summed E-state index contributed by atoms with van der Waals surface area (Å²) in [6.07, 6.45) is 3.02. The SMILES string of the molecule is Cc1cccnc1NC(=O)C1CCN([C@H](C)C(=O)Nc2ccc(C#N)c(Cl)c2)CC1. The number of rotatable bonds is 5. The molecule has 2 amide bonds. The number of nitrogens with one attached hydrogen (secondary N) is 2. The number of nitrogens with zero attached hydrogens (tertiary/aromatic N) is 3. The highest BCUT2D eigenvalue weighted by atomic mass is 35.5. The van der Waals surface area contributed by atoms with Gasteiger partial charge in [-0.15, -0.1) is 0 Å². The molecule has 1 aromatic heterocycles. The zero-order chi connectivity index (χ0) is 21.7. The maximum Gasteiger partial charge on any atom is 0.241 e. The van der Waals surface area contributed by atoms with E-state index < -0.39 is 0 Å². The van der Waals surface area contributed by atoms with Crippen LogP contribution in [-0.2, 0) is 9.59 Å². The van der Waals surface area contributed by atoms with E-state index in [-0.39, 0.29) is 23.8 Å². The molecule has 7 nitrogen and oxygen atoms in total.